The van der Waals surface area contributed by atoms with Crippen LogP contribution in [0.3, 0.4) is 0 Å². The molecule has 3 N–H and O–H groups in total. The summed E-state index contributed by atoms with van der Waals surface area (Å²) in [5.74, 6) is 0.393. The summed E-state index contributed by atoms with van der Waals surface area (Å²) in [6.07, 6.45) is 1.54. The quantitative estimate of drug-likeness (QED) is 0.727. The highest BCUT2D eigenvalue weighted by atomic mass is 32.1. The van der Waals surface area contributed by atoms with Gasteiger partial charge < -0.3 is 16.0 Å². The predicted octanol–water partition coefficient (Wildman–Crippen LogP) is -0.0709. The second kappa shape index (κ2) is 6.25. The topological polar surface area (TPSA) is 84.1 Å². The average Bonchev–Trinajstić information content (AvgIpc) is 2.37. The molecule has 0 saturated carbocycles. The first-order chi connectivity index (χ1) is 8.47. The Labute approximate surface area is 112 Å². The minimum atomic E-state index is -0.166. The van der Waals surface area contributed by atoms with E-state index in [0.717, 1.165) is 0 Å². The molecule has 1 aromatic heterocycles. The second-order valence-electron chi connectivity index (χ2n) is 4.03. The number of carbonyl (C=O) groups is 1. The molecular weight excluding hydrogens is 250 g/mol. The zero-order valence-electron chi connectivity index (χ0n) is 10.7. The number of nitrogens with zero attached hydrogens (tertiary/aromatic N) is 3. The van der Waals surface area contributed by atoms with Crippen LogP contribution < -0.4 is 16.0 Å². The van der Waals surface area contributed by atoms with Gasteiger partial charge in [0.15, 0.2) is 5.82 Å². The van der Waals surface area contributed by atoms with Gasteiger partial charge in [-0.25, -0.2) is 0 Å². The molecule has 98 valence electrons. The summed E-state index contributed by atoms with van der Waals surface area (Å²) >= 11 is 4.96. The molecular formula is C11H17N5OS. The van der Waals surface area contributed by atoms with Crippen LogP contribution in [0.1, 0.15) is 12.5 Å². The number of thiocarbonyl (C=S) groups is 1. The lowest BCUT2D eigenvalue weighted by atomic mass is 10.1. The molecule has 0 aliphatic carbocycles. The largest absolute Gasteiger partial charge is 0.389 e. The third-order valence-electron chi connectivity index (χ3n) is 2.57. The van der Waals surface area contributed by atoms with Crippen LogP contribution >= 0.6 is 12.2 Å². The van der Waals surface area contributed by atoms with Crippen molar-refractivity contribution in [1.82, 2.24) is 15.5 Å². The number of aromatic nitrogens is 2. The number of amides is 1. The molecule has 0 aliphatic heterocycles. The van der Waals surface area contributed by atoms with E-state index >= 15 is 0 Å². The molecule has 18 heavy (non-hydrogen) atoms. The minimum Gasteiger partial charge on any atom is -0.389 e. The normalized spacial score (nSPS) is 11.7. The Morgan fingerprint density at radius 3 is 2.89 bits per heavy atom. The van der Waals surface area contributed by atoms with Crippen molar-refractivity contribution in [2.45, 2.75) is 6.92 Å². The van der Waals surface area contributed by atoms with Crippen LogP contribution in [0.5, 0.6) is 0 Å². The highest BCUT2D eigenvalue weighted by Crippen LogP contribution is 2.15. The summed E-state index contributed by atoms with van der Waals surface area (Å²) in [5, 5.41) is 10.4. The molecule has 1 heterocycles. The number of nitrogens with one attached hydrogen (secondary N) is 1. The standard InChI is InChI=1S/C11H17N5OS/c1-7(11(17)13-2)6-16(3)10-8(9(12)18)4-5-14-15-10/h4-5,7H,6H2,1-3H3,(H2,12,18)(H,13,17). The lowest BCUT2D eigenvalue weighted by molar-refractivity contribution is -0.123. The maximum absolute atomic E-state index is 11.5. The van der Waals surface area contributed by atoms with Crippen LogP contribution in [0.2, 0.25) is 0 Å². The fourth-order valence-electron chi connectivity index (χ4n) is 1.63. The molecule has 1 rings (SSSR count). The Balaban J connectivity index is 2.87. The molecule has 0 aromatic carbocycles. The van der Waals surface area contributed by atoms with Gasteiger partial charge in [0.2, 0.25) is 5.91 Å². The van der Waals surface area contributed by atoms with Crippen LogP contribution in [0.15, 0.2) is 12.3 Å². The summed E-state index contributed by atoms with van der Waals surface area (Å²) < 4.78 is 0. The van der Waals surface area contributed by atoms with Crippen molar-refractivity contribution >= 4 is 28.9 Å². The summed E-state index contributed by atoms with van der Waals surface area (Å²) in [5.41, 5.74) is 6.29. The number of rotatable bonds is 5. The maximum Gasteiger partial charge on any atom is 0.224 e. The van der Waals surface area contributed by atoms with E-state index in [1.807, 2.05) is 18.9 Å². The molecule has 0 radical (unpaired) electrons. The van der Waals surface area contributed by atoms with Crippen LogP contribution in [0.4, 0.5) is 5.82 Å². The van der Waals surface area contributed by atoms with Crippen LogP contribution in [-0.4, -0.2) is 41.7 Å². The average molecular weight is 267 g/mol. The van der Waals surface area contributed by atoms with Crippen molar-refractivity contribution in [2.75, 3.05) is 25.5 Å². The van der Waals surface area contributed by atoms with Gasteiger partial charge in [-0.05, 0) is 6.07 Å². The van der Waals surface area contributed by atoms with E-state index in [4.69, 9.17) is 18.0 Å². The van der Waals surface area contributed by atoms with E-state index in [1.165, 1.54) is 6.20 Å². The maximum atomic E-state index is 11.5. The van der Waals surface area contributed by atoms with Gasteiger partial charge in [-0.2, -0.15) is 5.10 Å². The van der Waals surface area contributed by atoms with Crippen LogP contribution in [-0.2, 0) is 4.79 Å². The molecule has 1 atom stereocenters. The number of anilines is 1. The van der Waals surface area contributed by atoms with E-state index in [-0.39, 0.29) is 16.8 Å². The molecule has 6 nitrogen and oxygen atoms in total. The fraction of sp³-hybridized carbons (Fsp3) is 0.455. The summed E-state index contributed by atoms with van der Waals surface area (Å²) in [6.45, 7) is 2.35. The SMILES string of the molecule is CNC(=O)C(C)CN(C)c1nnccc1C(N)=S. The number of hydrogen-bond donors (Lipinski definition) is 2. The number of carbonyl (C=O) groups excluding carboxylic acids is 1. The summed E-state index contributed by atoms with van der Waals surface area (Å²) in [6, 6.07) is 1.71. The Hall–Kier alpha value is -1.76. The van der Waals surface area contributed by atoms with Crippen LogP contribution in [0, 0.1) is 5.92 Å². The molecule has 0 fully saturated rings. The molecule has 1 amide bonds. The van der Waals surface area contributed by atoms with E-state index in [1.54, 1.807) is 13.1 Å². The lowest BCUT2D eigenvalue weighted by Crippen LogP contribution is -2.35. The van der Waals surface area contributed by atoms with Gasteiger partial charge >= 0.3 is 0 Å². The summed E-state index contributed by atoms with van der Waals surface area (Å²) in [7, 11) is 3.44. The summed E-state index contributed by atoms with van der Waals surface area (Å²) in [4.78, 5) is 13.6. The third kappa shape index (κ3) is 3.36. The van der Waals surface area contributed by atoms with Gasteiger partial charge in [0.25, 0.3) is 0 Å². The molecule has 1 aromatic rings. The first kappa shape index (κ1) is 14.3. The molecule has 0 aliphatic rings. The van der Waals surface area contributed by atoms with Gasteiger partial charge in [0, 0.05) is 20.6 Å². The first-order valence-corrected chi connectivity index (χ1v) is 5.92. The zero-order valence-corrected chi connectivity index (χ0v) is 11.5. The highest BCUT2D eigenvalue weighted by Gasteiger charge is 2.17. The van der Waals surface area contributed by atoms with Crippen molar-refractivity contribution in [3.63, 3.8) is 0 Å². The Morgan fingerprint density at radius 1 is 1.67 bits per heavy atom. The van der Waals surface area contributed by atoms with Gasteiger partial charge in [-0.1, -0.05) is 19.1 Å². The molecule has 0 saturated heterocycles. The van der Waals surface area contributed by atoms with Crippen molar-refractivity contribution in [3.05, 3.63) is 17.8 Å². The Morgan fingerprint density at radius 2 is 2.33 bits per heavy atom. The predicted molar refractivity (Wildman–Crippen MR) is 74.4 cm³/mol. The molecule has 7 heteroatoms. The van der Waals surface area contributed by atoms with E-state index in [0.29, 0.717) is 17.9 Å². The molecule has 0 bridgehead atoms. The van der Waals surface area contributed by atoms with Crippen molar-refractivity contribution < 1.29 is 4.79 Å². The van der Waals surface area contributed by atoms with Gasteiger partial charge in [0.1, 0.15) is 4.99 Å². The number of nitrogens with two attached hydrogens (primary N) is 1. The van der Waals surface area contributed by atoms with Crippen molar-refractivity contribution in [3.8, 4) is 0 Å². The van der Waals surface area contributed by atoms with Crippen molar-refractivity contribution in [1.29, 1.82) is 0 Å². The van der Waals surface area contributed by atoms with Gasteiger partial charge in [-0.15, -0.1) is 5.10 Å². The Kier molecular flexibility index (Phi) is 4.96. The van der Waals surface area contributed by atoms with Gasteiger partial charge in [-0.3, -0.25) is 4.79 Å². The van der Waals surface area contributed by atoms with Gasteiger partial charge in [0.05, 0.1) is 17.7 Å². The molecule has 1 unspecified atom stereocenters. The Bertz CT molecular complexity index is 451. The van der Waals surface area contributed by atoms with Crippen LogP contribution in [0.25, 0.3) is 0 Å². The minimum absolute atomic E-state index is 0.0254. The highest BCUT2D eigenvalue weighted by molar-refractivity contribution is 7.80. The second-order valence-corrected chi connectivity index (χ2v) is 4.47. The monoisotopic (exact) mass is 267 g/mol. The lowest BCUT2D eigenvalue weighted by Gasteiger charge is -2.22. The van der Waals surface area contributed by atoms with E-state index < -0.39 is 0 Å². The fourth-order valence-corrected chi connectivity index (χ4v) is 1.78. The first-order valence-electron chi connectivity index (χ1n) is 5.51. The molecule has 0 spiro atoms. The zero-order chi connectivity index (χ0) is 13.7. The number of hydrogen-bond acceptors (Lipinski definition) is 5. The van der Waals surface area contributed by atoms with E-state index in [2.05, 4.69) is 15.5 Å². The third-order valence-corrected chi connectivity index (χ3v) is 2.79. The van der Waals surface area contributed by atoms with E-state index in [9.17, 15) is 4.79 Å². The van der Waals surface area contributed by atoms with Crippen molar-refractivity contribution in [2.24, 2.45) is 11.7 Å². The smallest absolute Gasteiger partial charge is 0.224 e.